The van der Waals surface area contributed by atoms with E-state index in [1.54, 1.807) is 12.1 Å². The molecule has 7 heteroatoms. The van der Waals surface area contributed by atoms with E-state index in [9.17, 15) is 9.59 Å². The van der Waals surface area contributed by atoms with Crippen LogP contribution < -0.4 is 10.6 Å². The second-order valence-electron chi connectivity index (χ2n) is 7.18. The maximum absolute atomic E-state index is 12.2. The topological polar surface area (TPSA) is 64.7 Å². The number of hydrogen-bond donors (Lipinski definition) is 2. The van der Waals surface area contributed by atoms with Crippen molar-refractivity contribution in [3.63, 3.8) is 0 Å². The highest BCUT2D eigenvalue weighted by Gasteiger charge is 2.21. The Balaban J connectivity index is 1.70. The summed E-state index contributed by atoms with van der Waals surface area (Å²) < 4.78 is 0. The predicted octanol–water partition coefficient (Wildman–Crippen LogP) is 2.06. The average molecular weight is 381 g/mol. The van der Waals surface area contributed by atoms with Crippen molar-refractivity contribution in [1.82, 2.24) is 15.1 Å². The van der Waals surface area contributed by atoms with Gasteiger partial charge in [-0.15, -0.1) is 0 Å². The van der Waals surface area contributed by atoms with Crippen LogP contribution in [0.25, 0.3) is 0 Å². The van der Waals surface area contributed by atoms with Gasteiger partial charge in [0.2, 0.25) is 11.8 Å². The van der Waals surface area contributed by atoms with Gasteiger partial charge in [-0.1, -0.05) is 37.6 Å². The Kier molecular flexibility index (Phi) is 7.87. The number of rotatable bonds is 7. The van der Waals surface area contributed by atoms with Crippen molar-refractivity contribution in [2.75, 3.05) is 44.6 Å². The van der Waals surface area contributed by atoms with Crippen LogP contribution in [0.4, 0.5) is 5.69 Å². The molecular formula is C19H29ClN4O2. The number of piperazine rings is 1. The van der Waals surface area contributed by atoms with Gasteiger partial charge in [-0.05, 0) is 25.0 Å². The molecule has 1 aliphatic rings. The lowest BCUT2D eigenvalue weighted by Gasteiger charge is -2.34. The van der Waals surface area contributed by atoms with Crippen LogP contribution in [0.5, 0.6) is 0 Å². The summed E-state index contributed by atoms with van der Waals surface area (Å²) in [5, 5.41) is 6.41. The fraction of sp³-hybridized carbons (Fsp3) is 0.579. The lowest BCUT2D eigenvalue weighted by atomic mass is 10.1. The Labute approximate surface area is 160 Å². The van der Waals surface area contributed by atoms with E-state index >= 15 is 0 Å². The summed E-state index contributed by atoms with van der Waals surface area (Å²) >= 11 is 6.06. The van der Waals surface area contributed by atoms with Gasteiger partial charge in [0, 0.05) is 32.2 Å². The Morgan fingerprint density at radius 1 is 1.00 bits per heavy atom. The summed E-state index contributed by atoms with van der Waals surface area (Å²) in [7, 11) is 0. The Hall–Kier alpha value is -1.63. The highest BCUT2D eigenvalue weighted by molar-refractivity contribution is 6.33. The summed E-state index contributed by atoms with van der Waals surface area (Å²) in [4.78, 5) is 28.5. The van der Waals surface area contributed by atoms with E-state index in [1.807, 2.05) is 19.1 Å². The molecule has 2 amide bonds. The number of benzene rings is 1. The van der Waals surface area contributed by atoms with E-state index in [1.165, 1.54) is 0 Å². The van der Waals surface area contributed by atoms with Crippen molar-refractivity contribution in [1.29, 1.82) is 0 Å². The largest absolute Gasteiger partial charge is 0.352 e. The molecule has 1 saturated heterocycles. The summed E-state index contributed by atoms with van der Waals surface area (Å²) in [5.74, 6) is 0.415. The maximum atomic E-state index is 12.2. The summed E-state index contributed by atoms with van der Waals surface area (Å²) in [6.07, 6.45) is 0. The van der Waals surface area contributed by atoms with Gasteiger partial charge in [0.25, 0.3) is 0 Å². The Bertz CT molecular complexity index is 615. The van der Waals surface area contributed by atoms with Crippen LogP contribution in [0.3, 0.4) is 0 Å². The van der Waals surface area contributed by atoms with Crippen molar-refractivity contribution in [2.45, 2.75) is 26.8 Å². The third-order valence-electron chi connectivity index (χ3n) is 4.74. The second-order valence-corrected chi connectivity index (χ2v) is 7.59. The normalized spacial score (nSPS) is 17.1. The second kappa shape index (κ2) is 9.90. The van der Waals surface area contributed by atoms with Gasteiger partial charge in [-0.25, -0.2) is 0 Å². The number of amides is 2. The molecule has 0 aliphatic carbocycles. The van der Waals surface area contributed by atoms with E-state index in [-0.39, 0.29) is 17.9 Å². The van der Waals surface area contributed by atoms with Crippen molar-refractivity contribution >= 4 is 29.1 Å². The fourth-order valence-corrected chi connectivity index (χ4v) is 2.91. The molecule has 0 radical (unpaired) electrons. The molecule has 1 aromatic rings. The lowest BCUT2D eigenvalue weighted by Crippen LogP contribution is -2.51. The number of carbonyl (C=O) groups excluding carboxylic acids is 2. The molecule has 1 aromatic carbocycles. The Morgan fingerprint density at radius 2 is 1.54 bits per heavy atom. The van der Waals surface area contributed by atoms with E-state index in [4.69, 9.17) is 11.6 Å². The number of anilines is 1. The molecule has 144 valence electrons. The maximum Gasteiger partial charge on any atom is 0.238 e. The first-order valence-corrected chi connectivity index (χ1v) is 9.51. The number of para-hydroxylation sites is 1. The molecule has 6 nitrogen and oxygen atoms in total. The quantitative estimate of drug-likeness (QED) is 0.760. The third kappa shape index (κ3) is 6.59. The highest BCUT2D eigenvalue weighted by atomic mass is 35.5. The van der Waals surface area contributed by atoms with Gasteiger partial charge in [0.05, 0.1) is 23.8 Å². The van der Waals surface area contributed by atoms with E-state index < -0.39 is 0 Å². The summed E-state index contributed by atoms with van der Waals surface area (Å²) in [5.41, 5.74) is 0.633. The molecule has 1 heterocycles. The van der Waals surface area contributed by atoms with Crippen LogP contribution in [0, 0.1) is 5.92 Å². The molecule has 1 unspecified atom stereocenters. The average Bonchev–Trinajstić information content (AvgIpc) is 2.58. The third-order valence-corrected chi connectivity index (χ3v) is 5.07. The van der Waals surface area contributed by atoms with Crippen molar-refractivity contribution in [2.24, 2.45) is 5.92 Å². The van der Waals surface area contributed by atoms with Gasteiger partial charge in [-0.3, -0.25) is 19.4 Å². The van der Waals surface area contributed by atoms with E-state index in [0.717, 1.165) is 26.2 Å². The van der Waals surface area contributed by atoms with E-state index in [2.05, 4.69) is 34.3 Å². The number of hydrogen-bond acceptors (Lipinski definition) is 4. The first kappa shape index (κ1) is 20.7. The number of halogens is 1. The SMILES string of the molecule is CC(C)C(C)NC(=O)CN1CCN(CC(=O)Nc2ccccc2Cl)CC1. The van der Waals surface area contributed by atoms with Gasteiger partial charge >= 0.3 is 0 Å². The van der Waals surface area contributed by atoms with E-state index in [0.29, 0.717) is 29.7 Å². The van der Waals surface area contributed by atoms with Gasteiger partial charge in [-0.2, -0.15) is 0 Å². The smallest absolute Gasteiger partial charge is 0.238 e. The summed E-state index contributed by atoms with van der Waals surface area (Å²) in [6.45, 7) is 10.1. The predicted molar refractivity (Wildman–Crippen MR) is 105 cm³/mol. The van der Waals surface area contributed by atoms with Crippen molar-refractivity contribution in [3.8, 4) is 0 Å². The van der Waals surface area contributed by atoms with Crippen LogP contribution in [-0.4, -0.2) is 66.9 Å². The van der Waals surface area contributed by atoms with Crippen LogP contribution in [0.15, 0.2) is 24.3 Å². The number of carbonyl (C=O) groups is 2. The molecule has 26 heavy (non-hydrogen) atoms. The molecule has 1 fully saturated rings. The minimum Gasteiger partial charge on any atom is -0.352 e. The zero-order valence-electron chi connectivity index (χ0n) is 15.8. The van der Waals surface area contributed by atoms with Crippen molar-refractivity contribution in [3.05, 3.63) is 29.3 Å². The minimum absolute atomic E-state index is 0.0658. The first-order valence-electron chi connectivity index (χ1n) is 9.13. The summed E-state index contributed by atoms with van der Waals surface area (Å²) in [6, 6.07) is 7.38. The van der Waals surface area contributed by atoms with Crippen LogP contribution in [0.1, 0.15) is 20.8 Å². The standard InChI is InChI=1S/C19H29ClN4O2/c1-14(2)15(3)21-18(25)12-23-8-10-24(11-9-23)13-19(26)22-17-7-5-4-6-16(17)20/h4-7,14-15H,8-13H2,1-3H3,(H,21,25)(H,22,26). The monoisotopic (exact) mass is 380 g/mol. The lowest BCUT2D eigenvalue weighted by molar-refractivity contribution is -0.124. The first-order chi connectivity index (χ1) is 12.3. The van der Waals surface area contributed by atoms with Gasteiger partial charge in [0.1, 0.15) is 0 Å². The molecule has 2 N–H and O–H groups in total. The Morgan fingerprint density at radius 3 is 2.08 bits per heavy atom. The molecule has 0 aromatic heterocycles. The number of nitrogens with zero attached hydrogens (tertiary/aromatic N) is 2. The van der Waals surface area contributed by atoms with Gasteiger partial charge < -0.3 is 10.6 Å². The minimum atomic E-state index is -0.0740. The number of nitrogens with one attached hydrogen (secondary N) is 2. The molecule has 1 atom stereocenters. The molecule has 2 rings (SSSR count). The molecular weight excluding hydrogens is 352 g/mol. The van der Waals surface area contributed by atoms with Crippen molar-refractivity contribution < 1.29 is 9.59 Å². The zero-order valence-corrected chi connectivity index (χ0v) is 16.6. The van der Waals surface area contributed by atoms with Gasteiger partial charge in [0.15, 0.2) is 0 Å². The highest BCUT2D eigenvalue weighted by Crippen LogP contribution is 2.20. The van der Waals surface area contributed by atoms with Crippen LogP contribution in [-0.2, 0) is 9.59 Å². The fourth-order valence-electron chi connectivity index (χ4n) is 2.73. The molecule has 1 aliphatic heterocycles. The van der Waals surface area contributed by atoms with Crippen LogP contribution in [0.2, 0.25) is 5.02 Å². The molecule has 0 spiro atoms. The zero-order chi connectivity index (χ0) is 19.1. The molecule has 0 bridgehead atoms. The van der Waals surface area contributed by atoms with Crippen LogP contribution >= 0.6 is 11.6 Å². The molecule has 0 saturated carbocycles.